The minimum absolute atomic E-state index is 0.305. The van der Waals surface area contributed by atoms with Crippen LogP contribution < -0.4 is 0 Å². The molecule has 20 heavy (non-hydrogen) atoms. The largest absolute Gasteiger partial charge is 0.481 e. The van der Waals surface area contributed by atoms with Gasteiger partial charge in [-0.2, -0.15) is 0 Å². The van der Waals surface area contributed by atoms with E-state index in [0.717, 1.165) is 24.0 Å². The maximum atomic E-state index is 12.0. The first kappa shape index (κ1) is 15.0. The first-order chi connectivity index (χ1) is 9.47. The molecule has 0 saturated heterocycles. The topological polar surface area (TPSA) is 57.5 Å². The van der Waals surface area contributed by atoms with Gasteiger partial charge in [-0.05, 0) is 49.7 Å². The zero-order valence-corrected chi connectivity index (χ0v) is 12.4. The summed E-state index contributed by atoms with van der Waals surface area (Å²) >= 11 is 0. The molecule has 3 heteroatoms. The first-order valence-electron chi connectivity index (χ1n) is 7.51. The Kier molecular flexibility index (Phi) is 4.19. The second kappa shape index (κ2) is 5.57. The Bertz CT molecular complexity index is 491. The number of aliphatic hydroxyl groups is 1. The van der Waals surface area contributed by atoms with Gasteiger partial charge in [-0.3, -0.25) is 4.79 Å². The van der Waals surface area contributed by atoms with Crippen LogP contribution in [0.2, 0.25) is 0 Å². The number of hydrogen-bond acceptors (Lipinski definition) is 2. The molecule has 1 aliphatic carbocycles. The van der Waals surface area contributed by atoms with Crippen molar-refractivity contribution in [2.45, 2.75) is 63.4 Å². The van der Waals surface area contributed by atoms with Gasteiger partial charge in [0.25, 0.3) is 0 Å². The molecule has 0 radical (unpaired) electrons. The monoisotopic (exact) mass is 276 g/mol. The molecule has 0 amide bonds. The van der Waals surface area contributed by atoms with Gasteiger partial charge in [-0.25, -0.2) is 0 Å². The maximum Gasteiger partial charge on any atom is 0.314 e. The van der Waals surface area contributed by atoms with Crippen LogP contribution in [0.3, 0.4) is 0 Å². The van der Waals surface area contributed by atoms with E-state index in [9.17, 15) is 15.0 Å². The van der Waals surface area contributed by atoms with Crippen LogP contribution in [0.25, 0.3) is 0 Å². The fourth-order valence-electron chi connectivity index (χ4n) is 3.46. The van der Waals surface area contributed by atoms with E-state index in [2.05, 4.69) is 0 Å². The van der Waals surface area contributed by atoms with E-state index in [1.54, 1.807) is 0 Å². The van der Waals surface area contributed by atoms with Crippen molar-refractivity contribution in [2.75, 3.05) is 0 Å². The van der Waals surface area contributed by atoms with Crippen LogP contribution in [0.5, 0.6) is 0 Å². The Hall–Kier alpha value is -1.35. The number of rotatable bonds is 5. The molecule has 0 heterocycles. The summed E-state index contributed by atoms with van der Waals surface area (Å²) in [5.74, 6) is -0.801. The van der Waals surface area contributed by atoms with Gasteiger partial charge < -0.3 is 10.2 Å². The van der Waals surface area contributed by atoms with Gasteiger partial charge in [0.1, 0.15) is 0 Å². The van der Waals surface area contributed by atoms with Crippen molar-refractivity contribution in [3.8, 4) is 0 Å². The van der Waals surface area contributed by atoms with E-state index >= 15 is 0 Å². The molecule has 0 fully saturated rings. The molecule has 110 valence electrons. The SMILES string of the molecule is CCC(O)(CC)CC1(C(=O)O)CCCc2ccccc21. The molecular formula is C17H24O3. The molecule has 1 unspecified atom stereocenters. The van der Waals surface area contributed by atoms with Gasteiger partial charge in [0.15, 0.2) is 0 Å². The van der Waals surface area contributed by atoms with E-state index in [4.69, 9.17) is 0 Å². The lowest BCUT2D eigenvalue weighted by Crippen LogP contribution is -2.46. The minimum atomic E-state index is -0.935. The highest BCUT2D eigenvalue weighted by Crippen LogP contribution is 2.44. The average molecular weight is 276 g/mol. The Labute approximate surface area is 120 Å². The fourth-order valence-corrected chi connectivity index (χ4v) is 3.46. The van der Waals surface area contributed by atoms with E-state index in [1.165, 1.54) is 0 Å². The Morgan fingerprint density at radius 3 is 2.55 bits per heavy atom. The van der Waals surface area contributed by atoms with Crippen molar-refractivity contribution in [2.24, 2.45) is 0 Å². The highest BCUT2D eigenvalue weighted by Gasteiger charge is 2.47. The van der Waals surface area contributed by atoms with Crippen molar-refractivity contribution in [1.29, 1.82) is 0 Å². The summed E-state index contributed by atoms with van der Waals surface area (Å²) in [6.45, 7) is 3.85. The van der Waals surface area contributed by atoms with Crippen LogP contribution in [-0.2, 0) is 16.6 Å². The summed E-state index contributed by atoms with van der Waals surface area (Å²) in [4.78, 5) is 12.0. The van der Waals surface area contributed by atoms with E-state index < -0.39 is 17.0 Å². The molecule has 0 aromatic heterocycles. The molecule has 1 atom stereocenters. The molecule has 0 bridgehead atoms. The minimum Gasteiger partial charge on any atom is -0.481 e. The summed E-state index contributed by atoms with van der Waals surface area (Å²) in [5, 5.41) is 20.5. The summed E-state index contributed by atoms with van der Waals surface area (Å²) in [7, 11) is 0. The van der Waals surface area contributed by atoms with Gasteiger partial charge in [0.2, 0.25) is 0 Å². The number of fused-ring (bicyclic) bond motifs is 1. The number of carbonyl (C=O) groups is 1. The number of aryl methyl sites for hydroxylation is 1. The second-order valence-corrected chi connectivity index (χ2v) is 6.01. The third-order valence-electron chi connectivity index (χ3n) is 4.94. The molecule has 0 aliphatic heterocycles. The lowest BCUT2D eigenvalue weighted by molar-refractivity contribution is -0.148. The van der Waals surface area contributed by atoms with E-state index in [1.807, 2.05) is 38.1 Å². The predicted molar refractivity (Wildman–Crippen MR) is 78.8 cm³/mol. The zero-order valence-electron chi connectivity index (χ0n) is 12.4. The standard InChI is InChI=1S/C17H24O3/c1-3-16(20,4-2)12-17(15(18)19)11-7-9-13-8-5-6-10-14(13)17/h5-6,8,10,20H,3-4,7,9,11-12H2,1-2H3,(H,18,19). The van der Waals surface area contributed by atoms with Crippen LogP contribution in [0.1, 0.15) is 57.1 Å². The fraction of sp³-hybridized carbons (Fsp3) is 0.588. The van der Waals surface area contributed by atoms with Gasteiger partial charge >= 0.3 is 5.97 Å². The zero-order chi connectivity index (χ0) is 14.8. The highest BCUT2D eigenvalue weighted by atomic mass is 16.4. The number of benzene rings is 1. The normalized spacial score (nSPS) is 22.4. The third-order valence-corrected chi connectivity index (χ3v) is 4.94. The van der Waals surface area contributed by atoms with Crippen LogP contribution in [0.15, 0.2) is 24.3 Å². The molecule has 1 aromatic carbocycles. The molecular weight excluding hydrogens is 252 g/mol. The quantitative estimate of drug-likeness (QED) is 0.867. The van der Waals surface area contributed by atoms with Crippen LogP contribution in [0.4, 0.5) is 0 Å². The molecule has 1 aliphatic rings. The maximum absolute atomic E-state index is 12.0. The summed E-state index contributed by atoms with van der Waals surface area (Å²) in [6, 6.07) is 7.80. The molecule has 0 spiro atoms. The molecule has 2 N–H and O–H groups in total. The van der Waals surface area contributed by atoms with Crippen molar-refractivity contribution in [3.05, 3.63) is 35.4 Å². The van der Waals surface area contributed by atoms with E-state index in [0.29, 0.717) is 25.7 Å². The Morgan fingerprint density at radius 2 is 1.95 bits per heavy atom. The van der Waals surface area contributed by atoms with E-state index in [-0.39, 0.29) is 0 Å². The first-order valence-corrected chi connectivity index (χ1v) is 7.51. The summed E-state index contributed by atoms with van der Waals surface area (Å²) in [5.41, 5.74) is 0.188. The summed E-state index contributed by atoms with van der Waals surface area (Å²) < 4.78 is 0. The van der Waals surface area contributed by atoms with Crippen LogP contribution >= 0.6 is 0 Å². The predicted octanol–water partition coefficient (Wildman–Crippen LogP) is 3.29. The van der Waals surface area contributed by atoms with Crippen molar-refractivity contribution >= 4 is 5.97 Å². The molecule has 0 saturated carbocycles. The van der Waals surface area contributed by atoms with Crippen molar-refractivity contribution < 1.29 is 15.0 Å². The lowest BCUT2D eigenvalue weighted by atomic mass is 9.64. The number of hydrogen-bond donors (Lipinski definition) is 2. The Balaban J connectivity index is 2.50. The van der Waals surface area contributed by atoms with Gasteiger partial charge in [0, 0.05) is 0 Å². The second-order valence-electron chi connectivity index (χ2n) is 6.01. The van der Waals surface area contributed by atoms with Crippen molar-refractivity contribution in [3.63, 3.8) is 0 Å². The number of carboxylic acids is 1. The number of aliphatic carboxylic acids is 1. The smallest absolute Gasteiger partial charge is 0.314 e. The lowest BCUT2D eigenvalue weighted by Gasteiger charge is -2.41. The summed E-state index contributed by atoms with van der Waals surface area (Å²) in [6.07, 6.45) is 3.89. The highest BCUT2D eigenvalue weighted by molar-refractivity contribution is 5.82. The van der Waals surface area contributed by atoms with Crippen molar-refractivity contribution in [1.82, 2.24) is 0 Å². The molecule has 3 nitrogen and oxygen atoms in total. The van der Waals surface area contributed by atoms with Crippen LogP contribution in [-0.4, -0.2) is 21.8 Å². The molecule has 2 rings (SSSR count). The number of carboxylic acid groups (broad SMARTS) is 1. The van der Waals surface area contributed by atoms with Gasteiger partial charge in [-0.15, -0.1) is 0 Å². The van der Waals surface area contributed by atoms with Crippen LogP contribution in [0, 0.1) is 0 Å². The van der Waals surface area contributed by atoms with Gasteiger partial charge in [-0.1, -0.05) is 38.1 Å². The molecule has 1 aromatic rings. The third kappa shape index (κ3) is 2.47. The average Bonchev–Trinajstić information content (AvgIpc) is 2.47. The Morgan fingerprint density at radius 1 is 1.30 bits per heavy atom. The van der Waals surface area contributed by atoms with Gasteiger partial charge in [0.05, 0.1) is 11.0 Å².